The van der Waals surface area contributed by atoms with E-state index in [1.165, 1.54) is 0 Å². The number of nitrogens with zero attached hydrogens (tertiary/aromatic N) is 4. The van der Waals surface area contributed by atoms with E-state index < -0.39 is 0 Å². The molecule has 1 aromatic rings. The first-order valence-corrected chi connectivity index (χ1v) is 6.58. The van der Waals surface area contributed by atoms with Crippen LogP contribution in [-0.2, 0) is 16.0 Å². The molecule has 0 radical (unpaired) electrons. The summed E-state index contributed by atoms with van der Waals surface area (Å²) in [7, 11) is 3.43. The molecule has 1 saturated heterocycles. The summed E-state index contributed by atoms with van der Waals surface area (Å²) in [6, 6.07) is 0. The maximum absolute atomic E-state index is 5.62. The quantitative estimate of drug-likeness (QED) is 0.605. The number of ether oxygens (including phenoxy) is 2. The zero-order valence-electron chi connectivity index (χ0n) is 12.1. The fraction of sp³-hybridized carbons (Fsp3) is 0.750. The van der Waals surface area contributed by atoms with E-state index in [-0.39, 0.29) is 6.10 Å². The first-order valence-electron chi connectivity index (χ1n) is 6.58. The van der Waals surface area contributed by atoms with Crippen LogP contribution in [0.3, 0.4) is 0 Å². The Labute approximate surface area is 118 Å². The summed E-state index contributed by atoms with van der Waals surface area (Å²) in [5, 5.41) is 7.07. The van der Waals surface area contributed by atoms with E-state index in [9.17, 15) is 0 Å². The molecule has 2 rings (SSSR count). The molecule has 1 N–H and O–H groups in total. The molecule has 1 atom stereocenters. The van der Waals surface area contributed by atoms with Crippen LogP contribution in [-0.4, -0.2) is 67.6 Å². The van der Waals surface area contributed by atoms with Gasteiger partial charge in [-0.3, -0.25) is 4.99 Å². The normalized spacial score (nSPS) is 20.2. The van der Waals surface area contributed by atoms with Gasteiger partial charge >= 0.3 is 0 Å². The third kappa shape index (κ3) is 3.91. The number of methoxy groups -OCH3 is 1. The molecule has 0 bridgehead atoms. The molecule has 112 valence electrons. The second-order valence-corrected chi connectivity index (χ2v) is 4.52. The van der Waals surface area contributed by atoms with Crippen molar-refractivity contribution in [1.29, 1.82) is 0 Å². The molecule has 1 aliphatic rings. The van der Waals surface area contributed by atoms with Crippen LogP contribution in [0.4, 0.5) is 0 Å². The van der Waals surface area contributed by atoms with E-state index in [2.05, 4.69) is 25.3 Å². The molecule has 0 aromatic carbocycles. The minimum Gasteiger partial charge on any atom is -0.382 e. The summed E-state index contributed by atoms with van der Waals surface area (Å²) in [5.74, 6) is 1.98. The summed E-state index contributed by atoms with van der Waals surface area (Å²) < 4.78 is 15.7. The van der Waals surface area contributed by atoms with Gasteiger partial charge in [0.1, 0.15) is 0 Å². The van der Waals surface area contributed by atoms with Crippen LogP contribution in [0.1, 0.15) is 11.7 Å². The Hall–Kier alpha value is -1.67. The van der Waals surface area contributed by atoms with Crippen LogP contribution < -0.4 is 5.32 Å². The zero-order valence-corrected chi connectivity index (χ0v) is 12.1. The third-order valence-electron chi connectivity index (χ3n) is 2.98. The van der Waals surface area contributed by atoms with Crippen LogP contribution in [0.25, 0.3) is 0 Å². The van der Waals surface area contributed by atoms with Crippen molar-refractivity contribution in [1.82, 2.24) is 20.4 Å². The van der Waals surface area contributed by atoms with Crippen LogP contribution in [0.15, 0.2) is 9.52 Å². The molecule has 0 saturated carbocycles. The first kappa shape index (κ1) is 14.7. The summed E-state index contributed by atoms with van der Waals surface area (Å²) in [4.78, 5) is 10.6. The monoisotopic (exact) mass is 283 g/mol. The van der Waals surface area contributed by atoms with Gasteiger partial charge in [-0.25, -0.2) is 0 Å². The molecule has 8 nitrogen and oxygen atoms in total. The predicted octanol–water partition coefficient (Wildman–Crippen LogP) is -0.199. The highest BCUT2D eigenvalue weighted by molar-refractivity contribution is 5.79. The number of aromatic nitrogens is 2. The van der Waals surface area contributed by atoms with Crippen LogP contribution in [0.2, 0.25) is 0 Å². The van der Waals surface area contributed by atoms with Gasteiger partial charge in [0, 0.05) is 34.2 Å². The maximum atomic E-state index is 5.62. The lowest BCUT2D eigenvalue weighted by molar-refractivity contribution is -0.0447. The van der Waals surface area contributed by atoms with Gasteiger partial charge in [-0.05, 0) is 0 Å². The van der Waals surface area contributed by atoms with Gasteiger partial charge in [0.25, 0.3) is 0 Å². The van der Waals surface area contributed by atoms with E-state index in [1.54, 1.807) is 21.1 Å². The number of nitrogens with one attached hydrogen (secondary N) is 1. The molecule has 0 aliphatic carbocycles. The zero-order chi connectivity index (χ0) is 14.4. The van der Waals surface area contributed by atoms with Crippen molar-refractivity contribution >= 4 is 5.96 Å². The van der Waals surface area contributed by atoms with E-state index in [0.717, 1.165) is 19.0 Å². The molecule has 0 spiro atoms. The smallest absolute Gasteiger partial charge is 0.223 e. The molecule has 20 heavy (non-hydrogen) atoms. The number of hydrogen-bond acceptors (Lipinski definition) is 6. The van der Waals surface area contributed by atoms with Gasteiger partial charge in [0.05, 0.1) is 25.9 Å². The lowest BCUT2D eigenvalue weighted by atomic mass is 10.3. The van der Waals surface area contributed by atoms with Crippen LogP contribution >= 0.6 is 0 Å². The van der Waals surface area contributed by atoms with Crippen molar-refractivity contribution in [3.05, 3.63) is 11.7 Å². The van der Waals surface area contributed by atoms with Crippen molar-refractivity contribution in [2.75, 3.05) is 40.5 Å². The molecule has 1 aliphatic heterocycles. The molecule has 8 heteroatoms. The molecule has 1 aromatic heterocycles. The van der Waals surface area contributed by atoms with Crippen molar-refractivity contribution < 1.29 is 14.0 Å². The topological polar surface area (TPSA) is 85.0 Å². The van der Waals surface area contributed by atoms with Crippen LogP contribution in [0.5, 0.6) is 0 Å². The Morgan fingerprint density at radius 3 is 3.10 bits per heavy atom. The van der Waals surface area contributed by atoms with Crippen molar-refractivity contribution in [3.63, 3.8) is 0 Å². The number of aryl methyl sites for hydroxylation is 1. The van der Waals surface area contributed by atoms with Gasteiger partial charge in [-0.15, -0.1) is 0 Å². The fourth-order valence-corrected chi connectivity index (χ4v) is 2.10. The summed E-state index contributed by atoms with van der Waals surface area (Å²) in [5.41, 5.74) is 0. The lowest BCUT2D eigenvalue weighted by Crippen LogP contribution is -2.51. The Kier molecular flexibility index (Phi) is 5.31. The molecule has 0 amide bonds. The number of aliphatic imine (C=N–C) groups is 1. The van der Waals surface area contributed by atoms with Gasteiger partial charge in [0.2, 0.25) is 5.89 Å². The van der Waals surface area contributed by atoms with Gasteiger partial charge < -0.3 is 24.2 Å². The Morgan fingerprint density at radius 1 is 1.60 bits per heavy atom. The number of hydrogen-bond donors (Lipinski definition) is 1. The number of guanidine groups is 1. The summed E-state index contributed by atoms with van der Waals surface area (Å²) in [6.45, 7) is 5.04. The Bertz CT molecular complexity index is 446. The van der Waals surface area contributed by atoms with Crippen molar-refractivity contribution in [3.8, 4) is 0 Å². The van der Waals surface area contributed by atoms with Gasteiger partial charge in [-0.2, -0.15) is 4.98 Å². The van der Waals surface area contributed by atoms with Gasteiger partial charge in [-0.1, -0.05) is 5.16 Å². The first-order chi connectivity index (χ1) is 9.72. The second-order valence-electron chi connectivity index (χ2n) is 4.52. The SMILES string of the molecule is CN=C(NCc1noc(C)n1)N1CCOC(COC)C1. The Morgan fingerprint density at radius 2 is 2.45 bits per heavy atom. The van der Waals surface area contributed by atoms with Crippen molar-refractivity contribution in [2.45, 2.75) is 19.6 Å². The standard InChI is InChI=1S/C12H21N5O3/c1-9-15-11(16-20-9)6-14-12(13-2)17-4-5-19-10(7-17)8-18-3/h10H,4-8H2,1-3H3,(H,13,14). The third-order valence-corrected chi connectivity index (χ3v) is 2.98. The van der Waals surface area contributed by atoms with Crippen molar-refractivity contribution in [2.24, 2.45) is 4.99 Å². The summed E-state index contributed by atoms with van der Waals surface area (Å²) in [6.07, 6.45) is 0.0692. The molecule has 2 heterocycles. The predicted molar refractivity (Wildman–Crippen MR) is 72.4 cm³/mol. The highest BCUT2D eigenvalue weighted by atomic mass is 16.5. The molecule has 1 fully saturated rings. The maximum Gasteiger partial charge on any atom is 0.223 e. The number of morpholine rings is 1. The number of rotatable bonds is 4. The highest BCUT2D eigenvalue weighted by Crippen LogP contribution is 2.06. The largest absolute Gasteiger partial charge is 0.382 e. The van der Waals surface area contributed by atoms with E-state index >= 15 is 0 Å². The lowest BCUT2D eigenvalue weighted by Gasteiger charge is -2.34. The second kappa shape index (κ2) is 7.20. The average Bonchev–Trinajstić information content (AvgIpc) is 2.86. The van der Waals surface area contributed by atoms with E-state index in [0.29, 0.717) is 31.5 Å². The molecular weight excluding hydrogens is 262 g/mol. The molecule has 1 unspecified atom stereocenters. The van der Waals surface area contributed by atoms with E-state index in [4.69, 9.17) is 14.0 Å². The Balaban J connectivity index is 1.87. The fourth-order valence-electron chi connectivity index (χ4n) is 2.10. The van der Waals surface area contributed by atoms with Crippen LogP contribution in [0, 0.1) is 6.92 Å². The van der Waals surface area contributed by atoms with E-state index in [1.807, 2.05) is 0 Å². The summed E-state index contributed by atoms with van der Waals surface area (Å²) >= 11 is 0. The minimum absolute atomic E-state index is 0.0692. The average molecular weight is 283 g/mol. The van der Waals surface area contributed by atoms with Gasteiger partial charge in [0.15, 0.2) is 11.8 Å². The highest BCUT2D eigenvalue weighted by Gasteiger charge is 2.22. The minimum atomic E-state index is 0.0692. The molecular formula is C12H21N5O3.